The molecule has 0 N–H and O–H groups in total. The highest BCUT2D eigenvalue weighted by atomic mass is 35.5. The summed E-state index contributed by atoms with van der Waals surface area (Å²) in [5.41, 5.74) is 0.820. The predicted octanol–water partition coefficient (Wildman–Crippen LogP) is 2.40. The predicted molar refractivity (Wildman–Crippen MR) is 76.0 cm³/mol. The van der Waals surface area contributed by atoms with Crippen LogP contribution in [-0.2, 0) is 0 Å². The van der Waals surface area contributed by atoms with Crippen molar-refractivity contribution in [2.45, 2.75) is 0 Å². The molecule has 0 atom stereocenters. The lowest BCUT2D eigenvalue weighted by Crippen LogP contribution is -1.99. The minimum atomic E-state index is 0.554. The van der Waals surface area contributed by atoms with E-state index in [4.69, 9.17) is 11.6 Å². The van der Waals surface area contributed by atoms with E-state index in [0.717, 1.165) is 5.69 Å². The SMILES string of the molecule is CN(C)/C=C/C=C\c1nnn(-c2ccc(Cl)cc2)n1. The van der Waals surface area contributed by atoms with Crippen LogP contribution >= 0.6 is 11.6 Å². The molecule has 0 aliphatic carbocycles. The normalized spacial score (nSPS) is 11.5. The van der Waals surface area contributed by atoms with Crippen LogP contribution in [0.15, 0.2) is 42.6 Å². The summed E-state index contributed by atoms with van der Waals surface area (Å²) in [6.07, 6.45) is 7.49. The van der Waals surface area contributed by atoms with Gasteiger partial charge < -0.3 is 4.90 Å². The first-order valence-corrected chi connectivity index (χ1v) is 6.10. The van der Waals surface area contributed by atoms with Crippen molar-refractivity contribution in [1.82, 2.24) is 25.1 Å². The monoisotopic (exact) mass is 275 g/mol. The molecule has 1 aromatic carbocycles. The molecule has 1 aromatic heterocycles. The number of hydrogen-bond acceptors (Lipinski definition) is 4. The molecule has 0 saturated heterocycles. The Kier molecular flexibility index (Phi) is 4.30. The number of benzene rings is 1. The maximum Gasteiger partial charge on any atom is 0.198 e. The zero-order valence-electron chi connectivity index (χ0n) is 10.7. The molecule has 5 nitrogen and oxygen atoms in total. The van der Waals surface area contributed by atoms with Gasteiger partial charge in [-0.25, -0.2) is 0 Å². The van der Waals surface area contributed by atoms with Crippen molar-refractivity contribution in [3.05, 3.63) is 53.5 Å². The molecule has 0 spiro atoms. The smallest absolute Gasteiger partial charge is 0.198 e. The second kappa shape index (κ2) is 6.15. The van der Waals surface area contributed by atoms with Gasteiger partial charge in [0.25, 0.3) is 0 Å². The van der Waals surface area contributed by atoms with E-state index in [9.17, 15) is 0 Å². The van der Waals surface area contributed by atoms with Crippen molar-refractivity contribution < 1.29 is 0 Å². The summed E-state index contributed by atoms with van der Waals surface area (Å²) in [6.45, 7) is 0. The largest absolute Gasteiger partial charge is 0.383 e. The van der Waals surface area contributed by atoms with E-state index < -0.39 is 0 Å². The van der Waals surface area contributed by atoms with Gasteiger partial charge in [-0.1, -0.05) is 17.7 Å². The first-order valence-electron chi connectivity index (χ1n) is 5.72. The molecule has 1 heterocycles. The van der Waals surface area contributed by atoms with E-state index in [1.165, 1.54) is 4.80 Å². The molecule has 0 saturated carbocycles. The van der Waals surface area contributed by atoms with Crippen LogP contribution in [0.5, 0.6) is 0 Å². The molecule has 0 aliphatic heterocycles. The third-order valence-electron chi connectivity index (χ3n) is 2.23. The third-order valence-corrected chi connectivity index (χ3v) is 2.48. The molecule has 0 fully saturated rings. The molecule has 2 aromatic rings. The van der Waals surface area contributed by atoms with Gasteiger partial charge in [0, 0.05) is 19.1 Å². The van der Waals surface area contributed by atoms with Gasteiger partial charge in [0.05, 0.1) is 5.69 Å². The summed E-state index contributed by atoms with van der Waals surface area (Å²) < 4.78 is 0. The van der Waals surface area contributed by atoms with Crippen LogP contribution in [0.3, 0.4) is 0 Å². The molecule has 6 heteroatoms. The average Bonchev–Trinajstić information content (AvgIpc) is 2.84. The Bertz CT molecular complexity index is 583. The molecule has 19 heavy (non-hydrogen) atoms. The van der Waals surface area contributed by atoms with Crippen LogP contribution in [-0.4, -0.2) is 39.2 Å². The van der Waals surface area contributed by atoms with E-state index in [0.29, 0.717) is 10.8 Å². The fraction of sp³-hybridized carbons (Fsp3) is 0.154. The fourth-order valence-electron chi connectivity index (χ4n) is 1.34. The lowest BCUT2D eigenvalue weighted by atomic mass is 10.3. The lowest BCUT2D eigenvalue weighted by Gasteiger charge is -2.00. The van der Waals surface area contributed by atoms with Gasteiger partial charge in [-0.3, -0.25) is 0 Å². The van der Waals surface area contributed by atoms with Crippen molar-refractivity contribution in [3.8, 4) is 5.69 Å². The van der Waals surface area contributed by atoms with Crippen LogP contribution in [0.4, 0.5) is 0 Å². The van der Waals surface area contributed by atoms with Crippen molar-refractivity contribution in [2.75, 3.05) is 14.1 Å². The Morgan fingerprint density at radius 2 is 1.89 bits per heavy atom. The quantitative estimate of drug-likeness (QED) is 0.804. The molecule has 0 amide bonds. The summed E-state index contributed by atoms with van der Waals surface area (Å²) in [7, 11) is 3.92. The van der Waals surface area contributed by atoms with Crippen LogP contribution in [0, 0.1) is 0 Å². The van der Waals surface area contributed by atoms with Crippen molar-refractivity contribution in [2.24, 2.45) is 0 Å². The summed E-state index contributed by atoms with van der Waals surface area (Å²) in [6, 6.07) is 7.25. The van der Waals surface area contributed by atoms with E-state index in [1.54, 1.807) is 18.2 Å². The van der Waals surface area contributed by atoms with E-state index in [2.05, 4.69) is 15.4 Å². The summed E-state index contributed by atoms with van der Waals surface area (Å²) in [5.74, 6) is 0.554. The molecule has 0 bridgehead atoms. The van der Waals surface area contributed by atoms with Crippen molar-refractivity contribution in [1.29, 1.82) is 0 Å². The van der Waals surface area contributed by atoms with Crippen LogP contribution in [0.25, 0.3) is 11.8 Å². The zero-order chi connectivity index (χ0) is 13.7. The highest BCUT2D eigenvalue weighted by molar-refractivity contribution is 6.30. The molecular weight excluding hydrogens is 262 g/mol. The number of tetrazole rings is 1. The molecule has 98 valence electrons. The number of aromatic nitrogens is 4. The summed E-state index contributed by atoms with van der Waals surface area (Å²) >= 11 is 5.83. The van der Waals surface area contributed by atoms with Gasteiger partial charge >= 0.3 is 0 Å². The molecule has 0 radical (unpaired) electrons. The van der Waals surface area contributed by atoms with Gasteiger partial charge in [-0.2, -0.15) is 0 Å². The van der Waals surface area contributed by atoms with E-state index >= 15 is 0 Å². The number of nitrogens with zero attached hydrogens (tertiary/aromatic N) is 5. The van der Waals surface area contributed by atoms with Crippen molar-refractivity contribution in [3.63, 3.8) is 0 Å². The highest BCUT2D eigenvalue weighted by Gasteiger charge is 2.01. The highest BCUT2D eigenvalue weighted by Crippen LogP contribution is 2.11. The summed E-state index contributed by atoms with van der Waals surface area (Å²) in [4.78, 5) is 3.41. The number of rotatable bonds is 4. The van der Waals surface area contributed by atoms with Crippen LogP contribution in [0.2, 0.25) is 5.02 Å². The number of halogens is 1. The molecular formula is C13H14ClN5. The van der Waals surface area contributed by atoms with Crippen molar-refractivity contribution >= 4 is 17.7 Å². The van der Waals surface area contributed by atoms with Gasteiger partial charge in [0.2, 0.25) is 0 Å². The second-order valence-corrected chi connectivity index (χ2v) is 4.51. The number of hydrogen-bond donors (Lipinski definition) is 0. The lowest BCUT2D eigenvalue weighted by molar-refractivity contribution is 0.564. The molecule has 0 aliphatic rings. The first-order chi connectivity index (χ1) is 9.15. The molecule has 2 rings (SSSR count). The van der Waals surface area contributed by atoms with Gasteiger partial charge in [-0.15, -0.1) is 15.0 Å². The zero-order valence-corrected chi connectivity index (χ0v) is 11.5. The Morgan fingerprint density at radius 3 is 2.58 bits per heavy atom. The minimum absolute atomic E-state index is 0.554. The van der Waals surface area contributed by atoms with Gasteiger partial charge in [0.1, 0.15) is 0 Å². The van der Waals surface area contributed by atoms with Gasteiger partial charge in [-0.05, 0) is 47.8 Å². The Labute approximate surface area is 116 Å². The maximum atomic E-state index is 5.83. The topological polar surface area (TPSA) is 46.8 Å². The molecule has 0 unspecified atom stereocenters. The minimum Gasteiger partial charge on any atom is -0.383 e. The average molecular weight is 276 g/mol. The Morgan fingerprint density at radius 1 is 1.16 bits per heavy atom. The fourth-order valence-corrected chi connectivity index (χ4v) is 1.47. The third kappa shape index (κ3) is 3.93. The Hall–Kier alpha value is -2.14. The van der Waals surface area contributed by atoms with E-state index in [1.807, 2.05) is 49.5 Å². The van der Waals surface area contributed by atoms with Crippen LogP contribution in [0.1, 0.15) is 5.82 Å². The second-order valence-electron chi connectivity index (χ2n) is 4.08. The number of allylic oxidation sites excluding steroid dienone is 2. The van der Waals surface area contributed by atoms with Gasteiger partial charge in [0.15, 0.2) is 5.82 Å². The van der Waals surface area contributed by atoms with Crippen LogP contribution < -0.4 is 0 Å². The first kappa shape index (κ1) is 13.3. The maximum absolute atomic E-state index is 5.83. The standard InChI is InChI=1S/C13H14ClN5/c1-18(2)10-4-3-5-13-15-17-19(16-13)12-8-6-11(14)7-9-12/h3-10H,1-2H3/b5-3-,10-4+. The van der Waals surface area contributed by atoms with E-state index in [-0.39, 0.29) is 0 Å². The summed E-state index contributed by atoms with van der Waals surface area (Å²) in [5, 5.41) is 12.8. The Balaban J connectivity index is 2.09.